The molecule has 0 amide bonds. The number of halogens is 4. The first-order valence-corrected chi connectivity index (χ1v) is 3.15. The lowest BCUT2D eigenvalue weighted by molar-refractivity contribution is -0.154. The summed E-state index contributed by atoms with van der Waals surface area (Å²) < 4.78 is 51.3. The molecule has 0 aliphatic heterocycles. The molecule has 72 valence electrons. The number of hydrogen-bond donors (Lipinski definition) is 0. The van der Waals surface area contributed by atoms with Crippen LogP contribution in [0.15, 0.2) is 12.4 Å². The molecular formula is C6H4F4N2O. The third-order valence-electron chi connectivity index (χ3n) is 0.995. The van der Waals surface area contributed by atoms with Crippen molar-refractivity contribution in [3.8, 4) is 5.88 Å². The molecule has 0 aliphatic carbocycles. The first-order valence-electron chi connectivity index (χ1n) is 3.15. The summed E-state index contributed by atoms with van der Waals surface area (Å²) in [6.45, 7) is -1.58. The van der Waals surface area contributed by atoms with Gasteiger partial charge in [0.2, 0.25) is 0 Å². The second kappa shape index (κ2) is 3.55. The van der Waals surface area contributed by atoms with Crippen LogP contribution in [0.5, 0.6) is 5.88 Å². The molecule has 0 aromatic carbocycles. The lowest BCUT2D eigenvalue weighted by atomic mass is 10.6. The van der Waals surface area contributed by atoms with Crippen molar-refractivity contribution in [2.45, 2.75) is 6.18 Å². The van der Waals surface area contributed by atoms with Crippen LogP contribution in [0.2, 0.25) is 0 Å². The third kappa shape index (κ3) is 3.22. The summed E-state index contributed by atoms with van der Waals surface area (Å²) in [5, 5.41) is 0. The molecule has 1 aromatic rings. The Balaban J connectivity index is 2.60. The fourth-order valence-corrected chi connectivity index (χ4v) is 0.555. The minimum atomic E-state index is -4.51. The zero-order valence-electron chi connectivity index (χ0n) is 6.18. The van der Waals surface area contributed by atoms with Gasteiger partial charge in [-0.05, 0) is 0 Å². The van der Waals surface area contributed by atoms with Gasteiger partial charge in [-0.25, -0.2) is 9.97 Å². The van der Waals surface area contributed by atoms with Crippen molar-refractivity contribution in [3.63, 3.8) is 0 Å². The summed E-state index contributed by atoms with van der Waals surface area (Å²) in [5.41, 5.74) is 0. The zero-order valence-corrected chi connectivity index (χ0v) is 6.18. The van der Waals surface area contributed by atoms with Crippen LogP contribution >= 0.6 is 0 Å². The van der Waals surface area contributed by atoms with Gasteiger partial charge in [0.25, 0.3) is 11.8 Å². The highest BCUT2D eigenvalue weighted by Crippen LogP contribution is 2.17. The number of ether oxygens (including phenoxy) is 1. The van der Waals surface area contributed by atoms with Gasteiger partial charge in [-0.2, -0.15) is 17.6 Å². The molecule has 0 saturated carbocycles. The van der Waals surface area contributed by atoms with Crippen LogP contribution in [0.3, 0.4) is 0 Å². The highest BCUT2D eigenvalue weighted by atomic mass is 19.4. The van der Waals surface area contributed by atoms with Crippen LogP contribution in [0.4, 0.5) is 17.6 Å². The highest BCUT2D eigenvalue weighted by Gasteiger charge is 2.29. The number of hydrogen-bond acceptors (Lipinski definition) is 3. The Kier molecular flexibility index (Phi) is 2.64. The van der Waals surface area contributed by atoms with Gasteiger partial charge in [-0.3, -0.25) is 0 Å². The normalized spacial score (nSPS) is 11.4. The Morgan fingerprint density at radius 1 is 1.23 bits per heavy atom. The standard InChI is InChI=1S/C6H4F4N2O/c7-4-5(12-2-1-11-4)13-3-6(8,9)10/h1-2H,3H2. The van der Waals surface area contributed by atoms with Crippen molar-refractivity contribution in [2.24, 2.45) is 0 Å². The van der Waals surface area contributed by atoms with Gasteiger partial charge in [-0.1, -0.05) is 0 Å². The van der Waals surface area contributed by atoms with Crippen molar-refractivity contribution >= 4 is 0 Å². The zero-order chi connectivity index (χ0) is 9.90. The second-order valence-corrected chi connectivity index (χ2v) is 2.06. The molecule has 0 fully saturated rings. The van der Waals surface area contributed by atoms with E-state index in [0.29, 0.717) is 0 Å². The lowest BCUT2D eigenvalue weighted by Gasteiger charge is -2.07. The lowest BCUT2D eigenvalue weighted by Crippen LogP contribution is -2.20. The van der Waals surface area contributed by atoms with E-state index in [1.165, 1.54) is 0 Å². The average molecular weight is 196 g/mol. The van der Waals surface area contributed by atoms with Gasteiger partial charge in [0.05, 0.1) is 0 Å². The van der Waals surface area contributed by atoms with Crippen LogP contribution in [0.25, 0.3) is 0 Å². The van der Waals surface area contributed by atoms with Crippen molar-refractivity contribution in [1.29, 1.82) is 0 Å². The molecule has 0 bridgehead atoms. The topological polar surface area (TPSA) is 35.0 Å². The van der Waals surface area contributed by atoms with E-state index in [9.17, 15) is 17.6 Å². The van der Waals surface area contributed by atoms with Crippen LogP contribution in [-0.2, 0) is 0 Å². The Labute approximate surface area is 70.4 Å². The molecule has 0 N–H and O–H groups in total. The van der Waals surface area contributed by atoms with E-state index in [4.69, 9.17) is 0 Å². The quantitative estimate of drug-likeness (QED) is 0.673. The molecular weight excluding hydrogens is 192 g/mol. The van der Waals surface area contributed by atoms with Crippen molar-refractivity contribution in [2.75, 3.05) is 6.61 Å². The van der Waals surface area contributed by atoms with E-state index in [0.717, 1.165) is 12.4 Å². The van der Waals surface area contributed by atoms with Gasteiger partial charge < -0.3 is 4.74 Å². The fourth-order valence-electron chi connectivity index (χ4n) is 0.555. The van der Waals surface area contributed by atoms with Crippen molar-refractivity contribution in [3.05, 3.63) is 18.3 Å². The molecule has 13 heavy (non-hydrogen) atoms. The van der Waals surface area contributed by atoms with Crippen LogP contribution in [0, 0.1) is 5.95 Å². The molecule has 0 unspecified atom stereocenters. The molecule has 1 heterocycles. The molecule has 0 atom stereocenters. The van der Waals surface area contributed by atoms with Gasteiger partial charge >= 0.3 is 6.18 Å². The molecule has 3 nitrogen and oxygen atoms in total. The smallest absolute Gasteiger partial charge is 0.422 e. The molecule has 0 spiro atoms. The second-order valence-electron chi connectivity index (χ2n) is 2.06. The van der Waals surface area contributed by atoms with Crippen LogP contribution in [0.1, 0.15) is 0 Å². The molecule has 1 rings (SSSR count). The Hall–Kier alpha value is -1.40. The Morgan fingerprint density at radius 2 is 1.85 bits per heavy atom. The monoisotopic (exact) mass is 196 g/mol. The molecule has 0 saturated heterocycles. The highest BCUT2D eigenvalue weighted by molar-refractivity contribution is 5.04. The minimum absolute atomic E-state index is 0.750. The van der Waals surface area contributed by atoms with E-state index in [-0.39, 0.29) is 0 Å². The number of aromatic nitrogens is 2. The SMILES string of the molecule is Fc1nccnc1OCC(F)(F)F. The summed E-state index contributed by atoms with van der Waals surface area (Å²) >= 11 is 0. The van der Waals surface area contributed by atoms with Gasteiger partial charge in [-0.15, -0.1) is 0 Å². The summed E-state index contributed by atoms with van der Waals surface area (Å²) in [6.07, 6.45) is -2.46. The summed E-state index contributed by atoms with van der Waals surface area (Å²) in [7, 11) is 0. The summed E-state index contributed by atoms with van der Waals surface area (Å²) in [5.74, 6) is -1.91. The van der Waals surface area contributed by atoms with Crippen molar-refractivity contribution < 1.29 is 22.3 Å². The first kappa shape index (κ1) is 9.69. The van der Waals surface area contributed by atoms with E-state index >= 15 is 0 Å². The minimum Gasteiger partial charge on any atom is -0.465 e. The number of nitrogens with zero attached hydrogens (tertiary/aromatic N) is 2. The predicted octanol–water partition coefficient (Wildman–Crippen LogP) is 1.56. The van der Waals surface area contributed by atoms with E-state index in [1.54, 1.807) is 0 Å². The van der Waals surface area contributed by atoms with Gasteiger partial charge in [0.15, 0.2) is 6.61 Å². The van der Waals surface area contributed by atoms with E-state index in [2.05, 4.69) is 14.7 Å². The van der Waals surface area contributed by atoms with E-state index in [1.807, 2.05) is 0 Å². The number of alkyl halides is 3. The van der Waals surface area contributed by atoms with Crippen LogP contribution < -0.4 is 4.74 Å². The predicted molar refractivity (Wildman–Crippen MR) is 33.5 cm³/mol. The largest absolute Gasteiger partial charge is 0.465 e. The maximum Gasteiger partial charge on any atom is 0.422 e. The maximum absolute atomic E-state index is 12.5. The van der Waals surface area contributed by atoms with Crippen LogP contribution in [-0.4, -0.2) is 22.8 Å². The number of rotatable bonds is 2. The Morgan fingerprint density at radius 3 is 2.38 bits per heavy atom. The molecule has 1 aromatic heterocycles. The Bertz CT molecular complexity index is 288. The summed E-state index contributed by atoms with van der Waals surface area (Å²) in [6, 6.07) is 0. The van der Waals surface area contributed by atoms with Gasteiger partial charge in [0, 0.05) is 12.4 Å². The molecule has 0 aliphatic rings. The summed E-state index contributed by atoms with van der Waals surface area (Å²) in [4.78, 5) is 6.28. The molecule has 7 heteroatoms. The van der Waals surface area contributed by atoms with E-state index < -0.39 is 24.6 Å². The molecule has 0 radical (unpaired) electrons. The maximum atomic E-state index is 12.5. The van der Waals surface area contributed by atoms with Crippen molar-refractivity contribution in [1.82, 2.24) is 9.97 Å². The first-order chi connectivity index (χ1) is 5.99. The average Bonchev–Trinajstić information content (AvgIpc) is 2.01. The fraction of sp³-hybridized carbons (Fsp3) is 0.333. The third-order valence-corrected chi connectivity index (χ3v) is 0.995. The van der Waals surface area contributed by atoms with Gasteiger partial charge in [0.1, 0.15) is 0 Å².